The van der Waals surface area contributed by atoms with Crippen LogP contribution in [0.15, 0.2) is 70.5 Å². The van der Waals surface area contributed by atoms with Crippen molar-refractivity contribution in [3.8, 4) is 11.5 Å². The molecule has 3 aromatic rings. The van der Waals surface area contributed by atoms with Crippen molar-refractivity contribution in [1.29, 1.82) is 0 Å². The topological polar surface area (TPSA) is 71.7 Å². The Labute approximate surface area is 168 Å². The summed E-state index contributed by atoms with van der Waals surface area (Å²) in [6.07, 6.45) is 4.06. The van der Waals surface area contributed by atoms with Gasteiger partial charge < -0.3 is 19.5 Å². The minimum atomic E-state index is -0.455. The molecule has 1 aromatic heterocycles. The van der Waals surface area contributed by atoms with Crippen LogP contribution < -0.4 is 10.3 Å². The maximum absolute atomic E-state index is 12.7. The van der Waals surface area contributed by atoms with Gasteiger partial charge in [-0.05, 0) is 29.5 Å². The van der Waals surface area contributed by atoms with E-state index < -0.39 is 5.56 Å². The molecule has 0 aliphatic carbocycles. The number of aromatic hydroxyl groups is 1. The first-order valence-corrected chi connectivity index (χ1v) is 10.2. The molecular weight excluding hydrogens is 374 g/mol. The van der Waals surface area contributed by atoms with Crippen molar-refractivity contribution in [2.24, 2.45) is 0 Å². The maximum atomic E-state index is 12.7. The predicted octanol–water partition coefficient (Wildman–Crippen LogP) is 3.44. The van der Waals surface area contributed by atoms with Crippen LogP contribution in [0, 0.1) is 0 Å². The van der Waals surface area contributed by atoms with E-state index in [4.69, 9.17) is 4.74 Å². The SMILES string of the molecule is CSc1ccc(Cc2cn(CCO)c(=O)c(OCc3ccccc3)c2O)cc1. The molecule has 0 saturated carbocycles. The fraction of sp³-hybridized carbons (Fsp3) is 0.227. The van der Waals surface area contributed by atoms with Gasteiger partial charge in [0.15, 0.2) is 5.75 Å². The molecule has 2 N–H and O–H groups in total. The average molecular weight is 397 g/mol. The smallest absolute Gasteiger partial charge is 0.296 e. The van der Waals surface area contributed by atoms with Gasteiger partial charge in [-0.2, -0.15) is 0 Å². The Morgan fingerprint density at radius 3 is 2.39 bits per heavy atom. The van der Waals surface area contributed by atoms with Gasteiger partial charge in [0, 0.05) is 29.6 Å². The number of benzene rings is 2. The van der Waals surface area contributed by atoms with Gasteiger partial charge in [-0.3, -0.25) is 4.79 Å². The largest absolute Gasteiger partial charge is 0.504 e. The van der Waals surface area contributed by atoms with Crippen LogP contribution in [0.2, 0.25) is 0 Å². The first-order chi connectivity index (χ1) is 13.6. The van der Waals surface area contributed by atoms with Crippen molar-refractivity contribution in [3.63, 3.8) is 0 Å². The first kappa shape index (κ1) is 20.0. The summed E-state index contributed by atoms with van der Waals surface area (Å²) in [5.41, 5.74) is 2.03. The molecule has 0 bridgehead atoms. The van der Waals surface area contributed by atoms with Gasteiger partial charge >= 0.3 is 0 Å². The lowest BCUT2D eigenvalue weighted by Gasteiger charge is -2.15. The second-order valence-corrected chi connectivity index (χ2v) is 7.23. The maximum Gasteiger partial charge on any atom is 0.296 e. The van der Waals surface area contributed by atoms with Gasteiger partial charge in [0.2, 0.25) is 5.75 Å². The third-order valence-electron chi connectivity index (χ3n) is 4.41. The van der Waals surface area contributed by atoms with Crippen LogP contribution in [0.25, 0.3) is 0 Å². The Hall–Kier alpha value is -2.70. The summed E-state index contributed by atoms with van der Waals surface area (Å²) in [6.45, 7) is 0.137. The van der Waals surface area contributed by atoms with Crippen molar-refractivity contribution in [2.45, 2.75) is 24.5 Å². The highest BCUT2D eigenvalue weighted by Crippen LogP contribution is 2.29. The zero-order valence-corrected chi connectivity index (χ0v) is 16.5. The Bertz CT molecular complexity index is 968. The van der Waals surface area contributed by atoms with Crippen LogP contribution >= 0.6 is 11.8 Å². The van der Waals surface area contributed by atoms with Gasteiger partial charge in [0.1, 0.15) is 6.61 Å². The summed E-state index contributed by atoms with van der Waals surface area (Å²) in [6, 6.07) is 17.5. The molecule has 1 heterocycles. The second-order valence-electron chi connectivity index (χ2n) is 6.35. The molecule has 0 fully saturated rings. The Kier molecular flexibility index (Phi) is 6.79. The normalized spacial score (nSPS) is 10.8. The van der Waals surface area contributed by atoms with Crippen LogP contribution in [0.4, 0.5) is 0 Å². The number of hydrogen-bond acceptors (Lipinski definition) is 5. The van der Waals surface area contributed by atoms with E-state index in [1.807, 2.05) is 60.9 Å². The third kappa shape index (κ3) is 4.77. The van der Waals surface area contributed by atoms with E-state index >= 15 is 0 Å². The molecule has 3 rings (SSSR count). The van der Waals surface area contributed by atoms with Gasteiger partial charge in [0.05, 0.1) is 6.61 Å². The molecule has 28 heavy (non-hydrogen) atoms. The number of thioether (sulfide) groups is 1. The molecule has 0 unspecified atom stereocenters. The zero-order valence-electron chi connectivity index (χ0n) is 15.7. The van der Waals surface area contributed by atoms with Crippen molar-refractivity contribution < 1.29 is 14.9 Å². The first-order valence-electron chi connectivity index (χ1n) is 8.98. The lowest BCUT2D eigenvalue weighted by atomic mass is 10.1. The summed E-state index contributed by atoms with van der Waals surface area (Å²) in [4.78, 5) is 13.8. The summed E-state index contributed by atoms with van der Waals surface area (Å²) in [5.74, 6) is -0.236. The van der Waals surface area contributed by atoms with Crippen LogP contribution in [-0.2, 0) is 19.6 Å². The standard InChI is InChI=1S/C22H23NO4S/c1-28-19-9-7-16(8-10-19)13-18-14-23(11-12-24)22(26)21(20(18)25)27-15-17-5-3-2-4-6-17/h2-10,14,24-25H,11-13,15H2,1H3. The zero-order chi connectivity index (χ0) is 19.9. The fourth-order valence-corrected chi connectivity index (χ4v) is 3.32. The van der Waals surface area contributed by atoms with Crippen molar-refractivity contribution in [1.82, 2.24) is 4.57 Å². The minimum Gasteiger partial charge on any atom is -0.504 e. The van der Waals surface area contributed by atoms with E-state index in [2.05, 4.69) is 0 Å². The molecule has 0 aliphatic heterocycles. The van der Waals surface area contributed by atoms with Crippen LogP contribution in [0.1, 0.15) is 16.7 Å². The number of nitrogens with zero attached hydrogens (tertiary/aromatic N) is 1. The lowest BCUT2D eigenvalue weighted by molar-refractivity contribution is 0.261. The molecule has 146 valence electrons. The number of pyridine rings is 1. The van der Waals surface area contributed by atoms with E-state index in [0.717, 1.165) is 16.0 Å². The second kappa shape index (κ2) is 9.48. The van der Waals surface area contributed by atoms with Crippen molar-refractivity contribution in [2.75, 3.05) is 12.9 Å². The monoisotopic (exact) mass is 397 g/mol. The summed E-state index contributed by atoms with van der Waals surface area (Å²) in [7, 11) is 0. The molecule has 0 saturated heterocycles. The van der Waals surface area contributed by atoms with E-state index in [0.29, 0.717) is 12.0 Å². The lowest BCUT2D eigenvalue weighted by Crippen LogP contribution is -2.24. The van der Waals surface area contributed by atoms with E-state index in [9.17, 15) is 15.0 Å². The Morgan fingerprint density at radius 2 is 1.75 bits per heavy atom. The molecular formula is C22H23NO4S. The predicted molar refractivity (Wildman–Crippen MR) is 111 cm³/mol. The molecule has 0 amide bonds. The number of aromatic nitrogens is 1. The Balaban J connectivity index is 1.92. The van der Waals surface area contributed by atoms with Crippen LogP contribution in [0.5, 0.6) is 11.5 Å². The summed E-state index contributed by atoms with van der Waals surface area (Å²) < 4.78 is 7.07. The van der Waals surface area contributed by atoms with Gasteiger partial charge in [-0.1, -0.05) is 42.5 Å². The van der Waals surface area contributed by atoms with Crippen LogP contribution in [0.3, 0.4) is 0 Å². The number of ether oxygens (including phenoxy) is 1. The number of aliphatic hydroxyl groups is 1. The van der Waals surface area contributed by atoms with Gasteiger partial charge in [-0.15, -0.1) is 11.8 Å². The molecule has 5 nitrogen and oxygen atoms in total. The van der Waals surface area contributed by atoms with Crippen molar-refractivity contribution >= 4 is 11.8 Å². The average Bonchev–Trinajstić information content (AvgIpc) is 2.73. The van der Waals surface area contributed by atoms with E-state index in [-0.39, 0.29) is 31.3 Å². The van der Waals surface area contributed by atoms with Gasteiger partial charge in [-0.25, -0.2) is 0 Å². The highest BCUT2D eigenvalue weighted by molar-refractivity contribution is 7.98. The van der Waals surface area contributed by atoms with E-state index in [1.165, 1.54) is 4.57 Å². The van der Waals surface area contributed by atoms with E-state index in [1.54, 1.807) is 18.0 Å². The molecule has 0 aliphatic rings. The quantitative estimate of drug-likeness (QED) is 0.570. The molecule has 0 atom stereocenters. The molecule has 2 aromatic carbocycles. The Morgan fingerprint density at radius 1 is 1.04 bits per heavy atom. The third-order valence-corrected chi connectivity index (χ3v) is 5.15. The summed E-state index contributed by atoms with van der Waals surface area (Å²) in [5, 5.41) is 20.0. The van der Waals surface area contributed by atoms with Crippen LogP contribution in [-0.4, -0.2) is 27.6 Å². The molecule has 6 heteroatoms. The minimum absolute atomic E-state index is 0.0875. The number of aliphatic hydroxyl groups excluding tert-OH is 1. The molecule has 0 radical (unpaired) electrons. The molecule has 0 spiro atoms. The number of hydrogen-bond donors (Lipinski definition) is 2. The summed E-state index contributed by atoms with van der Waals surface area (Å²) >= 11 is 1.66. The highest BCUT2D eigenvalue weighted by atomic mass is 32.2. The van der Waals surface area contributed by atoms with Gasteiger partial charge in [0.25, 0.3) is 5.56 Å². The van der Waals surface area contributed by atoms with Crippen molar-refractivity contribution in [3.05, 3.63) is 87.8 Å². The number of rotatable bonds is 8. The fourth-order valence-electron chi connectivity index (χ4n) is 2.91. The highest BCUT2D eigenvalue weighted by Gasteiger charge is 2.17.